The Balaban J connectivity index is 2.32. The van der Waals surface area contributed by atoms with Crippen LogP contribution in [0.4, 0.5) is 8.78 Å². The normalized spacial score (nSPS) is 17.1. The van der Waals surface area contributed by atoms with Crippen molar-refractivity contribution in [3.8, 4) is 6.07 Å². The first kappa shape index (κ1) is 11.0. The van der Waals surface area contributed by atoms with Gasteiger partial charge in [-0.15, -0.1) is 0 Å². The van der Waals surface area contributed by atoms with Gasteiger partial charge in [-0.3, -0.25) is 0 Å². The molecule has 1 aliphatic rings. The molecule has 4 heteroatoms. The van der Waals surface area contributed by atoms with Crippen LogP contribution in [0.5, 0.6) is 0 Å². The second-order valence-electron chi connectivity index (χ2n) is 4.00. The Bertz CT molecular complexity index is 408. The Morgan fingerprint density at radius 2 is 1.75 bits per heavy atom. The van der Waals surface area contributed by atoms with E-state index in [0.29, 0.717) is 5.56 Å². The van der Waals surface area contributed by atoms with Crippen LogP contribution in [0.1, 0.15) is 29.9 Å². The second-order valence-corrected chi connectivity index (χ2v) is 4.00. The molecule has 0 bridgehead atoms. The topological polar surface area (TPSA) is 35.8 Å². The van der Waals surface area contributed by atoms with E-state index in [1.54, 1.807) is 0 Å². The van der Waals surface area contributed by atoms with Gasteiger partial charge in [-0.25, -0.2) is 8.78 Å². The van der Waals surface area contributed by atoms with Gasteiger partial charge in [0.1, 0.15) is 23.3 Å². The number of benzene rings is 1. The summed E-state index contributed by atoms with van der Waals surface area (Å²) in [4.78, 5) is 0. The summed E-state index contributed by atoms with van der Waals surface area (Å²) in [6.45, 7) is 1.74. The maximum absolute atomic E-state index is 13.4. The summed E-state index contributed by atoms with van der Waals surface area (Å²) in [6, 6.07) is 4.11. The van der Waals surface area contributed by atoms with Gasteiger partial charge in [0.05, 0.1) is 0 Å². The molecule has 1 saturated heterocycles. The Morgan fingerprint density at radius 1 is 1.19 bits per heavy atom. The molecule has 0 saturated carbocycles. The van der Waals surface area contributed by atoms with Crippen LogP contribution in [0.25, 0.3) is 0 Å². The predicted octanol–water partition coefficient (Wildman–Crippen LogP) is 2.30. The lowest BCUT2D eigenvalue weighted by atomic mass is 9.89. The van der Waals surface area contributed by atoms with Crippen LogP contribution in [0.3, 0.4) is 0 Å². The van der Waals surface area contributed by atoms with Crippen molar-refractivity contribution in [2.45, 2.75) is 18.8 Å². The van der Waals surface area contributed by atoms with Crippen molar-refractivity contribution in [1.82, 2.24) is 5.32 Å². The Morgan fingerprint density at radius 3 is 2.25 bits per heavy atom. The molecule has 2 nitrogen and oxygen atoms in total. The zero-order chi connectivity index (χ0) is 11.5. The highest BCUT2D eigenvalue weighted by Gasteiger charge is 2.19. The lowest BCUT2D eigenvalue weighted by Gasteiger charge is -2.23. The molecule has 0 atom stereocenters. The fraction of sp³-hybridized carbons (Fsp3) is 0.417. The number of nitrogens with zero attached hydrogens (tertiary/aromatic N) is 1. The SMILES string of the molecule is N#Cc1c(F)cc(C2CCNCC2)cc1F. The minimum Gasteiger partial charge on any atom is -0.317 e. The van der Waals surface area contributed by atoms with Crippen LogP contribution in [0.2, 0.25) is 0 Å². The summed E-state index contributed by atoms with van der Waals surface area (Å²) in [6.07, 6.45) is 1.76. The highest BCUT2D eigenvalue weighted by atomic mass is 19.1. The van der Waals surface area contributed by atoms with Crippen molar-refractivity contribution >= 4 is 0 Å². The smallest absolute Gasteiger partial charge is 0.144 e. The number of nitrogens with one attached hydrogen (secondary N) is 1. The number of piperidine rings is 1. The van der Waals surface area contributed by atoms with Crippen molar-refractivity contribution in [1.29, 1.82) is 5.26 Å². The molecule has 16 heavy (non-hydrogen) atoms. The first-order valence-electron chi connectivity index (χ1n) is 5.32. The third-order valence-electron chi connectivity index (χ3n) is 2.99. The van der Waals surface area contributed by atoms with Crippen LogP contribution in [0.15, 0.2) is 12.1 Å². The first-order chi connectivity index (χ1) is 7.72. The van der Waals surface area contributed by atoms with Gasteiger partial charge >= 0.3 is 0 Å². The van der Waals surface area contributed by atoms with Gasteiger partial charge in [0, 0.05) is 0 Å². The van der Waals surface area contributed by atoms with E-state index in [0.717, 1.165) is 25.9 Å². The molecule has 0 unspecified atom stereocenters. The summed E-state index contributed by atoms with van der Waals surface area (Å²) < 4.78 is 26.8. The number of nitriles is 1. The molecule has 1 N–H and O–H groups in total. The molecular formula is C12H12F2N2. The molecule has 1 heterocycles. The maximum Gasteiger partial charge on any atom is 0.144 e. The molecule has 0 radical (unpaired) electrons. The van der Waals surface area contributed by atoms with Gasteiger partial charge in [0.2, 0.25) is 0 Å². The molecule has 84 valence electrons. The minimum absolute atomic E-state index is 0.193. The van der Waals surface area contributed by atoms with Gasteiger partial charge in [-0.2, -0.15) is 5.26 Å². The third kappa shape index (κ3) is 2.05. The molecule has 1 fully saturated rings. The lowest BCUT2D eigenvalue weighted by Crippen LogP contribution is -2.26. The molecule has 2 rings (SSSR count). The summed E-state index contributed by atoms with van der Waals surface area (Å²) >= 11 is 0. The van der Waals surface area contributed by atoms with Crippen LogP contribution in [-0.2, 0) is 0 Å². The quantitative estimate of drug-likeness (QED) is 0.791. The molecule has 1 aromatic rings. The predicted molar refractivity (Wildman–Crippen MR) is 55.9 cm³/mol. The van der Waals surface area contributed by atoms with E-state index in [1.165, 1.54) is 18.2 Å². The van der Waals surface area contributed by atoms with E-state index in [9.17, 15) is 8.78 Å². The Labute approximate surface area is 92.9 Å². The zero-order valence-corrected chi connectivity index (χ0v) is 8.76. The molecule has 0 spiro atoms. The lowest BCUT2D eigenvalue weighted by molar-refractivity contribution is 0.455. The number of hydrogen-bond acceptors (Lipinski definition) is 2. The summed E-state index contributed by atoms with van der Waals surface area (Å²) in [5.74, 6) is -1.31. The van der Waals surface area contributed by atoms with E-state index in [-0.39, 0.29) is 5.92 Å². The van der Waals surface area contributed by atoms with Crippen LogP contribution >= 0.6 is 0 Å². The number of rotatable bonds is 1. The Hall–Kier alpha value is -1.47. The second kappa shape index (κ2) is 4.58. The average Bonchev–Trinajstić information content (AvgIpc) is 2.30. The van der Waals surface area contributed by atoms with Crippen LogP contribution in [0, 0.1) is 23.0 Å². The van der Waals surface area contributed by atoms with Crippen LogP contribution in [-0.4, -0.2) is 13.1 Å². The van der Waals surface area contributed by atoms with Crippen molar-refractivity contribution < 1.29 is 8.78 Å². The van der Waals surface area contributed by atoms with E-state index in [1.807, 2.05) is 0 Å². The molecule has 0 aliphatic carbocycles. The average molecular weight is 222 g/mol. The van der Waals surface area contributed by atoms with Crippen molar-refractivity contribution in [2.75, 3.05) is 13.1 Å². The molecular weight excluding hydrogens is 210 g/mol. The highest BCUT2D eigenvalue weighted by Crippen LogP contribution is 2.27. The standard InChI is InChI=1S/C12H12F2N2/c13-11-5-9(6-12(14)10(11)7-15)8-1-3-16-4-2-8/h5-6,8,16H,1-4H2. The fourth-order valence-electron chi connectivity index (χ4n) is 2.09. The van der Waals surface area contributed by atoms with Gasteiger partial charge in [0.15, 0.2) is 0 Å². The minimum atomic E-state index is -0.754. The molecule has 1 aromatic carbocycles. The summed E-state index contributed by atoms with van der Waals surface area (Å²) in [5, 5.41) is 11.8. The van der Waals surface area contributed by atoms with Gasteiger partial charge in [-0.05, 0) is 49.5 Å². The number of hydrogen-bond donors (Lipinski definition) is 1. The van der Waals surface area contributed by atoms with Gasteiger partial charge in [0.25, 0.3) is 0 Å². The zero-order valence-electron chi connectivity index (χ0n) is 8.76. The summed E-state index contributed by atoms with van der Waals surface area (Å²) in [5.41, 5.74) is 0.174. The van der Waals surface area contributed by atoms with E-state index < -0.39 is 17.2 Å². The number of halogens is 2. The first-order valence-corrected chi connectivity index (χ1v) is 5.32. The fourth-order valence-corrected chi connectivity index (χ4v) is 2.09. The van der Waals surface area contributed by atoms with Crippen molar-refractivity contribution in [3.63, 3.8) is 0 Å². The van der Waals surface area contributed by atoms with E-state index >= 15 is 0 Å². The van der Waals surface area contributed by atoms with Crippen LogP contribution < -0.4 is 5.32 Å². The third-order valence-corrected chi connectivity index (χ3v) is 2.99. The molecule has 0 aromatic heterocycles. The molecule has 0 amide bonds. The van der Waals surface area contributed by atoms with Gasteiger partial charge < -0.3 is 5.32 Å². The van der Waals surface area contributed by atoms with E-state index in [4.69, 9.17) is 5.26 Å². The van der Waals surface area contributed by atoms with Gasteiger partial charge in [-0.1, -0.05) is 0 Å². The maximum atomic E-state index is 13.4. The highest BCUT2D eigenvalue weighted by molar-refractivity contribution is 5.36. The summed E-state index contributed by atoms with van der Waals surface area (Å²) in [7, 11) is 0. The molecule has 1 aliphatic heterocycles. The largest absolute Gasteiger partial charge is 0.317 e. The Kier molecular flexibility index (Phi) is 3.16. The monoisotopic (exact) mass is 222 g/mol. The van der Waals surface area contributed by atoms with Crippen molar-refractivity contribution in [3.05, 3.63) is 34.9 Å². The van der Waals surface area contributed by atoms with E-state index in [2.05, 4.69) is 5.32 Å². The van der Waals surface area contributed by atoms with Crippen molar-refractivity contribution in [2.24, 2.45) is 0 Å².